The zero-order valence-electron chi connectivity index (χ0n) is 13.0. The van der Waals surface area contributed by atoms with Gasteiger partial charge in [-0.05, 0) is 60.9 Å². The van der Waals surface area contributed by atoms with Crippen molar-refractivity contribution in [2.24, 2.45) is 0 Å². The first-order valence-electron chi connectivity index (χ1n) is 8.07. The lowest BCUT2D eigenvalue weighted by molar-refractivity contribution is 0.686. The number of nitrogens with zero attached hydrogens (tertiary/aromatic N) is 2. The van der Waals surface area contributed by atoms with E-state index < -0.39 is 0 Å². The molecule has 3 aromatic rings. The van der Waals surface area contributed by atoms with Crippen molar-refractivity contribution < 1.29 is 0 Å². The van der Waals surface area contributed by atoms with Gasteiger partial charge in [-0.2, -0.15) is 0 Å². The fraction of sp³-hybridized carbons (Fsp3) is 0.333. The molecule has 23 heavy (non-hydrogen) atoms. The molecule has 0 atom stereocenters. The Morgan fingerprint density at radius 2 is 2.00 bits per heavy atom. The molecule has 0 bridgehead atoms. The molecule has 1 N–H and O–H groups in total. The van der Waals surface area contributed by atoms with E-state index in [2.05, 4.69) is 45.8 Å². The summed E-state index contributed by atoms with van der Waals surface area (Å²) in [5.74, 6) is 0.830. The fourth-order valence-corrected chi connectivity index (χ4v) is 4.49. The summed E-state index contributed by atoms with van der Waals surface area (Å²) in [6.45, 7) is 2.87. The second-order valence-corrected chi connectivity index (χ2v) is 7.09. The Morgan fingerprint density at radius 1 is 1.17 bits per heavy atom. The number of aryl methyl sites for hydroxylation is 2. The SMILES string of the molecule is CCNc1nc(Cl)nc2scc(-c3ccc4c(c3)CCCC4)c12. The second kappa shape index (κ2) is 6.10. The smallest absolute Gasteiger partial charge is 0.225 e. The fourth-order valence-electron chi connectivity index (χ4n) is 3.32. The molecule has 0 radical (unpaired) electrons. The number of aromatic nitrogens is 2. The maximum Gasteiger partial charge on any atom is 0.225 e. The van der Waals surface area contributed by atoms with Crippen molar-refractivity contribution in [1.82, 2.24) is 9.97 Å². The number of thiophene rings is 1. The monoisotopic (exact) mass is 343 g/mol. The van der Waals surface area contributed by atoms with Crippen LogP contribution in [0.5, 0.6) is 0 Å². The number of fused-ring (bicyclic) bond motifs is 2. The highest BCUT2D eigenvalue weighted by atomic mass is 35.5. The van der Waals surface area contributed by atoms with E-state index in [0.29, 0.717) is 5.28 Å². The zero-order valence-corrected chi connectivity index (χ0v) is 14.6. The number of rotatable bonds is 3. The number of hydrogen-bond donors (Lipinski definition) is 1. The molecule has 1 aliphatic carbocycles. The Morgan fingerprint density at radius 3 is 2.83 bits per heavy atom. The van der Waals surface area contributed by atoms with Gasteiger partial charge in [0.1, 0.15) is 10.6 Å². The quantitative estimate of drug-likeness (QED) is 0.654. The summed E-state index contributed by atoms with van der Waals surface area (Å²) in [5.41, 5.74) is 5.45. The minimum Gasteiger partial charge on any atom is -0.370 e. The van der Waals surface area contributed by atoms with Gasteiger partial charge >= 0.3 is 0 Å². The number of nitrogens with one attached hydrogen (secondary N) is 1. The van der Waals surface area contributed by atoms with Gasteiger partial charge in [0.2, 0.25) is 5.28 Å². The number of anilines is 1. The molecule has 0 amide bonds. The van der Waals surface area contributed by atoms with Crippen LogP contribution in [0.4, 0.5) is 5.82 Å². The van der Waals surface area contributed by atoms with E-state index in [1.165, 1.54) is 47.9 Å². The summed E-state index contributed by atoms with van der Waals surface area (Å²) >= 11 is 7.68. The van der Waals surface area contributed by atoms with Crippen LogP contribution in [-0.4, -0.2) is 16.5 Å². The lowest BCUT2D eigenvalue weighted by Gasteiger charge is -2.16. The van der Waals surface area contributed by atoms with Gasteiger partial charge in [0, 0.05) is 17.5 Å². The molecule has 5 heteroatoms. The van der Waals surface area contributed by atoms with E-state index in [-0.39, 0.29) is 0 Å². The van der Waals surface area contributed by atoms with Gasteiger partial charge in [-0.3, -0.25) is 0 Å². The summed E-state index contributed by atoms with van der Waals surface area (Å²) in [6, 6.07) is 6.87. The molecule has 2 aromatic heterocycles. The molecule has 118 valence electrons. The molecule has 0 unspecified atom stereocenters. The van der Waals surface area contributed by atoms with E-state index in [9.17, 15) is 0 Å². The lowest BCUT2D eigenvalue weighted by atomic mass is 9.89. The van der Waals surface area contributed by atoms with Crippen LogP contribution >= 0.6 is 22.9 Å². The van der Waals surface area contributed by atoms with Crippen molar-refractivity contribution in [3.8, 4) is 11.1 Å². The third kappa shape index (κ3) is 2.70. The summed E-state index contributed by atoms with van der Waals surface area (Å²) in [6.07, 6.45) is 5.00. The average molecular weight is 344 g/mol. The molecule has 4 rings (SSSR count). The molecule has 0 fully saturated rings. The Bertz CT molecular complexity index is 872. The minimum atomic E-state index is 0.298. The van der Waals surface area contributed by atoms with Crippen molar-refractivity contribution in [2.45, 2.75) is 32.6 Å². The van der Waals surface area contributed by atoms with Gasteiger partial charge in [0.05, 0.1) is 5.39 Å². The normalized spacial score (nSPS) is 14.0. The first-order chi connectivity index (χ1) is 11.3. The highest BCUT2D eigenvalue weighted by Gasteiger charge is 2.16. The average Bonchev–Trinajstić information content (AvgIpc) is 2.98. The van der Waals surface area contributed by atoms with Crippen molar-refractivity contribution in [3.63, 3.8) is 0 Å². The predicted octanol–water partition coefficient (Wildman–Crippen LogP) is 5.32. The number of hydrogen-bond acceptors (Lipinski definition) is 4. The Hall–Kier alpha value is -1.65. The van der Waals surface area contributed by atoms with Crippen LogP contribution in [0.1, 0.15) is 30.9 Å². The number of halogens is 1. The first kappa shape index (κ1) is 14.9. The van der Waals surface area contributed by atoms with Crippen LogP contribution in [0.25, 0.3) is 21.3 Å². The summed E-state index contributed by atoms with van der Waals surface area (Å²) in [4.78, 5) is 9.71. The number of benzene rings is 1. The molecule has 0 spiro atoms. The van der Waals surface area contributed by atoms with E-state index >= 15 is 0 Å². The van der Waals surface area contributed by atoms with Crippen molar-refractivity contribution in [1.29, 1.82) is 0 Å². The second-order valence-electron chi connectivity index (χ2n) is 5.89. The van der Waals surface area contributed by atoms with Crippen molar-refractivity contribution in [2.75, 3.05) is 11.9 Å². The maximum atomic E-state index is 6.05. The first-order valence-corrected chi connectivity index (χ1v) is 9.33. The summed E-state index contributed by atoms with van der Waals surface area (Å²) in [7, 11) is 0. The van der Waals surface area contributed by atoms with E-state index in [4.69, 9.17) is 11.6 Å². The Labute approximate surface area is 144 Å². The third-order valence-electron chi connectivity index (χ3n) is 4.41. The van der Waals surface area contributed by atoms with Crippen molar-refractivity contribution >= 4 is 39.0 Å². The predicted molar refractivity (Wildman–Crippen MR) is 98.7 cm³/mol. The van der Waals surface area contributed by atoms with Crippen LogP contribution in [0, 0.1) is 0 Å². The van der Waals surface area contributed by atoms with Crippen LogP contribution in [0.2, 0.25) is 5.28 Å². The molecule has 0 saturated carbocycles. The summed E-state index contributed by atoms with van der Waals surface area (Å²) in [5, 5.41) is 6.87. The molecular weight excluding hydrogens is 326 g/mol. The molecule has 3 nitrogen and oxygen atoms in total. The van der Waals surface area contributed by atoms with Gasteiger partial charge in [-0.25, -0.2) is 9.97 Å². The molecule has 2 heterocycles. The summed E-state index contributed by atoms with van der Waals surface area (Å²) < 4.78 is 0. The van der Waals surface area contributed by atoms with Crippen molar-refractivity contribution in [3.05, 3.63) is 40.0 Å². The van der Waals surface area contributed by atoms with Crippen LogP contribution in [0.3, 0.4) is 0 Å². The van der Waals surface area contributed by atoms with Crippen LogP contribution in [-0.2, 0) is 12.8 Å². The maximum absolute atomic E-state index is 6.05. The molecule has 1 aromatic carbocycles. The zero-order chi connectivity index (χ0) is 15.8. The third-order valence-corrected chi connectivity index (χ3v) is 5.45. The molecular formula is C18H18ClN3S. The van der Waals surface area contributed by atoms with E-state index in [1.807, 2.05) is 0 Å². The topological polar surface area (TPSA) is 37.8 Å². The molecule has 0 aliphatic heterocycles. The van der Waals surface area contributed by atoms with Crippen LogP contribution < -0.4 is 5.32 Å². The largest absolute Gasteiger partial charge is 0.370 e. The minimum absolute atomic E-state index is 0.298. The van der Waals surface area contributed by atoms with Gasteiger partial charge < -0.3 is 5.32 Å². The molecule has 0 saturated heterocycles. The van der Waals surface area contributed by atoms with Gasteiger partial charge in [-0.15, -0.1) is 11.3 Å². The molecule has 1 aliphatic rings. The van der Waals surface area contributed by atoms with Gasteiger partial charge in [-0.1, -0.05) is 18.2 Å². The lowest BCUT2D eigenvalue weighted by Crippen LogP contribution is -2.03. The van der Waals surface area contributed by atoms with Crippen LogP contribution in [0.15, 0.2) is 23.6 Å². The Balaban J connectivity index is 1.88. The Kier molecular flexibility index (Phi) is 3.95. The highest BCUT2D eigenvalue weighted by Crippen LogP contribution is 2.38. The standard InChI is InChI=1S/C18H18ClN3S/c1-2-20-16-15-14(10-23-17(15)22-18(19)21-16)13-8-7-11-5-3-4-6-12(11)9-13/h7-10H,2-6H2,1H3,(H,20,21,22). The van der Waals surface area contributed by atoms with E-state index in [0.717, 1.165) is 22.6 Å². The van der Waals surface area contributed by atoms with Gasteiger partial charge in [0.25, 0.3) is 0 Å². The van der Waals surface area contributed by atoms with Gasteiger partial charge in [0.15, 0.2) is 0 Å². The highest BCUT2D eigenvalue weighted by molar-refractivity contribution is 7.17. The van der Waals surface area contributed by atoms with E-state index in [1.54, 1.807) is 11.3 Å².